The highest BCUT2D eigenvalue weighted by Crippen LogP contribution is 2.44. The molecule has 0 radical (unpaired) electrons. The zero-order valence-electron chi connectivity index (χ0n) is 34.6. The zero-order chi connectivity index (χ0) is 39.5. The molecule has 3 fully saturated rings. The van der Waals surface area contributed by atoms with E-state index >= 15 is 0 Å². The first-order valence-corrected chi connectivity index (χ1v) is 22.1. The van der Waals surface area contributed by atoms with E-state index in [-0.39, 0.29) is 35.9 Å². The minimum atomic E-state index is -0.654. The molecule has 6 rings (SSSR count). The molecule has 1 aromatic carbocycles. The first kappa shape index (κ1) is 42.1. The summed E-state index contributed by atoms with van der Waals surface area (Å²) in [7, 11) is 4.20. The highest BCUT2D eigenvalue weighted by atomic mass is 32.1. The molecule has 2 saturated heterocycles. The number of benzene rings is 1. The molecule has 0 bridgehead atoms. The van der Waals surface area contributed by atoms with Crippen LogP contribution in [0.25, 0.3) is 0 Å². The fraction of sp³-hybridized carbons (Fsp3) is 0.622. The Morgan fingerprint density at radius 1 is 1.05 bits per heavy atom. The molecule has 1 aromatic heterocycles. The molecule has 4 aliphatic rings. The molecule has 306 valence electrons. The highest BCUT2D eigenvalue weighted by Gasteiger charge is 2.44. The molecular formula is C45H67N7O3S. The number of allylic oxidation sites excluding steroid dienone is 3. The van der Waals surface area contributed by atoms with Crippen LogP contribution in [0.4, 0.5) is 0 Å². The number of unbranched alkanes of at least 4 members (excludes halogenated alkanes) is 1. The lowest BCUT2D eigenvalue weighted by Crippen LogP contribution is -2.64. The van der Waals surface area contributed by atoms with Gasteiger partial charge in [0.2, 0.25) is 11.8 Å². The van der Waals surface area contributed by atoms with Crippen molar-refractivity contribution in [1.82, 2.24) is 30.2 Å². The molecule has 2 amide bonds. The molecule has 2 aromatic rings. The zero-order valence-corrected chi connectivity index (χ0v) is 35.4. The molecule has 1 saturated carbocycles. The number of hydrogen-bond acceptors (Lipinski definition) is 9. The Labute approximate surface area is 340 Å². The van der Waals surface area contributed by atoms with Gasteiger partial charge in [-0.1, -0.05) is 74.0 Å². The van der Waals surface area contributed by atoms with E-state index in [1.54, 1.807) is 11.3 Å². The van der Waals surface area contributed by atoms with Crippen molar-refractivity contribution in [3.05, 3.63) is 82.6 Å². The maximum atomic E-state index is 14.8. The van der Waals surface area contributed by atoms with E-state index < -0.39 is 6.04 Å². The molecule has 3 aliphatic heterocycles. The summed E-state index contributed by atoms with van der Waals surface area (Å²) in [5, 5.41) is 9.10. The second kappa shape index (κ2) is 20.3. The predicted molar refractivity (Wildman–Crippen MR) is 228 cm³/mol. The van der Waals surface area contributed by atoms with Crippen LogP contribution in [0.1, 0.15) is 82.6 Å². The van der Waals surface area contributed by atoms with Gasteiger partial charge < -0.3 is 30.1 Å². The molecule has 10 nitrogen and oxygen atoms in total. The van der Waals surface area contributed by atoms with E-state index in [0.717, 1.165) is 63.2 Å². The Morgan fingerprint density at radius 2 is 1.86 bits per heavy atom. The summed E-state index contributed by atoms with van der Waals surface area (Å²) in [5.41, 5.74) is 1.77. The van der Waals surface area contributed by atoms with Crippen LogP contribution in [0.2, 0.25) is 0 Å². The van der Waals surface area contributed by atoms with Crippen LogP contribution in [0, 0.1) is 11.3 Å². The molecule has 4 heterocycles. The average molecular weight is 786 g/mol. The lowest BCUT2D eigenvalue weighted by Gasteiger charge is -2.43. The molecule has 0 unspecified atom stereocenters. The third-order valence-corrected chi connectivity index (χ3v) is 13.3. The van der Waals surface area contributed by atoms with E-state index in [1.807, 2.05) is 41.5 Å². The fourth-order valence-electron chi connectivity index (χ4n) is 9.16. The maximum Gasteiger partial charge on any atom is 0.288 e. The molecular weight excluding hydrogens is 719 g/mol. The molecule has 56 heavy (non-hydrogen) atoms. The Hall–Kier alpha value is -3.51. The fourth-order valence-corrected chi connectivity index (χ4v) is 9.80. The monoisotopic (exact) mass is 786 g/mol. The number of nitrogens with one attached hydrogen (secondary N) is 2. The van der Waals surface area contributed by atoms with Gasteiger partial charge in [-0.15, -0.1) is 11.3 Å². The summed E-state index contributed by atoms with van der Waals surface area (Å²) in [6.07, 6.45) is 16.7. The third-order valence-electron chi connectivity index (χ3n) is 12.4. The van der Waals surface area contributed by atoms with E-state index in [9.17, 15) is 9.59 Å². The van der Waals surface area contributed by atoms with Crippen LogP contribution < -0.4 is 10.6 Å². The van der Waals surface area contributed by atoms with Crippen molar-refractivity contribution in [2.24, 2.45) is 16.3 Å². The normalized spacial score (nSPS) is 27.0. The molecule has 2 N–H and O–H groups in total. The lowest BCUT2D eigenvalue weighted by molar-refractivity contribution is -0.145. The first-order valence-electron chi connectivity index (χ1n) is 21.2. The summed E-state index contributed by atoms with van der Waals surface area (Å²) >= 11 is 1.62. The number of ether oxygens (including phenoxy) is 1. The SMILES string of the molecule is C/C=C\C=C/[C@@H](C)[C@H]1OC(N2CCN(C(=O)[C@@H](CCCCN(C)C)NC3CCC4(CC3)CCN(Cc3ccccc3)C4)[C@H](C(=O)NCc3cccs3)C2)=N[C@@H]1C. The van der Waals surface area contributed by atoms with Crippen LogP contribution in [0.15, 0.2) is 77.1 Å². The van der Waals surface area contributed by atoms with Gasteiger partial charge in [-0.2, -0.15) is 0 Å². The number of carbonyl (C=O) groups is 2. The van der Waals surface area contributed by atoms with Crippen molar-refractivity contribution in [3.63, 3.8) is 0 Å². The predicted octanol–water partition coefficient (Wildman–Crippen LogP) is 6.31. The topological polar surface area (TPSA) is 92.8 Å². The quantitative estimate of drug-likeness (QED) is 0.152. The Balaban J connectivity index is 1.12. The number of amides is 2. The van der Waals surface area contributed by atoms with Gasteiger partial charge in [0, 0.05) is 43.0 Å². The Morgan fingerprint density at radius 3 is 2.59 bits per heavy atom. The van der Waals surface area contributed by atoms with Crippen molar-refractivity contribution < 1.29 is 14.3 Å². The van der Waals surface area contributed by atoms with Crippen LogP contribution in [0.3, 0.4) is 0 Å². The minimum Gasteiger partial charge on any atom is -0.459 e. The van der Waals surface area contributed by atoms with Gasteiger partial charge in [0.25, 0.3) is 6.02 Å². The molecule has 1 aliphatic carbocycles. The number of thiophene rings is 1. The summed E-state index contributed by atoms with van der Waals surface area (Å²) in [4.78, 5) is 43.8. The lowest BCUT2D eigenvalue weighted by atomic mass is 9.72. The number of rotatable bonds is 16. The Kier molecular flexibility index (Phi) is 15.2. The number of carbonyl (C=O) groups excluding carboxylic acids is 2. The second-order valence-electron chi connectivity index (χ2n) is 17.0. The van der Waals surface area contributed by atoms with Crippen molar-refractivity contribution in [1.29, 1.82) is 0 Å². The van der Waals surface area contributed by atoms with Crippen LogP contribution in [-0.4, -0.2) is 121 Å². The van der Waals surface area contributed by atoms with Gasteiger partial charge in [0.15, 0.2) is 0 Å². The second-order valence-corrected chi connectivity index (χ2v) is 18.1. The van der Waals surface area contributed by atoms with Crippen molar-refractivity contribution in [3.8, 4) is 0 Å². The highest BCUT2D eigenvalue weighted by molar-refractivity contribution is 7.09. The van der Waals surface area contributed by atoms with E-state index in [0.29, 0.717) is 43.7 Å². The van der Waals surface area contributed by atoms with Crippen molar-refractivity contribution >= 4 is 29.2 Å². The summed E-state index contributed by atoms with van der Waals surface area (Å²) in [6.45, 7) is 12.4. The van der Waals surface area contributed by atoms with Gasteiger partial charge in [-0.05, 0) is 108 Å². The molecule has 1 spiro atoms. The number of likely N-dealkylation sites (tertiary alicyclic amines) is 1. The largest absolute Gasteiger partial charge is 0.459 e. The number of amidine groups is 1. The number of aliphatic imine (C=N–C) groups is 1. The van der Waals surface area contributed by atoms with Crippen molar-refractivity contribution in [2.45, 2.75) is 115 Å². The van der Waals surface area contributed by atoms with Crippen molar-refractivity contribution in [2.75, 3.05) is 53.4 Å². The standard InChI is InChI=1S/C45H67N7O3S/c1-6-7-9-15-34(2)41-35(3)47-44(55-41)51-27-28-52(40(32-51)42(53)46-30-38-18-14-29-56-38)43(54)39(19-12-13-25-49(4)5)48-37-20-22-45(23-21-37)24-26-50(33-45)31-36-16-10-8-11-17-36/h6-11,14-18,29,34-35,37,39-41,48H,12-13,19-28,30-33H2,1-5H3,(H,46,53)/b7-6-,15-9-/t34-,35-,37?,39-,40+,41-,45?/m1/s1. The maximum absolute atomic E-state index is 14.8. The summed E-state index contributed by atoms with van der Waals surface area (Å²) < 4.78 is 6.50. The number of nitrogens with zero attached hydrogens (tertiary/aromatic N) is 5. The van der Waals surface area contributed by atoms with Gasteiger partial charge in [-0.3, -0.25) is 14.5 Å². The van der Waals surface area contributed by atoms with Gasteiger partial charge >= 0.3 is 0 Å². The van der Waals surface area contributed by atoms with Gasteiger partial charge in [0.05, 0.1) is 25.2 Å². The summed E-state index contributed by atoms with van der Waals surface area (Å²) in [5.74, 6) is 0.0879. The molecule has 5 atom stereocenters. The smallest absolute Gasteiger partial charge is 0.288 e. The average Bonchev–Trinajstić information content (AvgIpc) is 3.97. The van der Waals surface area contributed by atoms with Crippen LogP contribution in [-0.2, 0) is 27.4 Å². The summed E-state index contributed by atoms with van der Waals surface area (Å²) in [6, 6.07) is 14.7. The van der Waals surface area contributed by atoms with E-state index in [1.165, 1.54) is 24.8 Å². The third kappa shape index (κ3) is 11.3. The first-order chi connectivity index (χ1) is 27.1. The van der Waals surface area contributed by atoms with Crippen LogP contribution in [0.5, 0.6) is 0 Å². The van der Waals surface area contributed by atoms with Gasteiger partial charge in [-0.25, -0.2) is 4.99 Å². The molecule has 11 heteroatoms. The Bertz CT molecular complexity index is 1620. The van der Waals surface area contributed by atoms with E-state index in [2.05, 4.69) is 95.8 Å². The van der Waals surface area contributed by atoms with Gasteiger partial charge in [0.1, 0.15) is 12.1 Å². The number of piperazine rings is 1. The minimum absolute atomic E-state index is 0.0115. The van der Waals surface area contributed by atoms with E-state index in [4.69, 9.17) is 9.73 Å². The van der Waals surface area contributed by atoms with Crippen LogP contribution >= 0.6 is 11.3 Å². The number of hydrogen-bond donors (Lipinski definition) is 2.